The number of hydrogen-bond donors (Lipinski definition) is 0. The summed E-state index contributed by atoms with van der Waals surface area (Å²) >= 11 is 0. The van der Waals surface area contributed by atoms with E-state index in [4.69, 9.17) is 0 Å². The first-order valence-electron chi connectivity index (χ1n) is 21.2. The first-order valence-corrected chi connectivity index (χ1v) is 21.2. The van der Waals surface area contributed by atoms with Gasteiger partial charge in [0.05, 0.1) is 5.69 Å². The Kier molecular flexibility index (Phi) is 9.02. The van der Waals surface area contributed by atoms with Crippen LogP contribution in [0.15, 0.2) is 243 Å². The summed E-state index contributed by atoms with van der Waals surface area (Å²) in [6, 6.07) is 88.8. The van der Waals surface area contributed by atoms with Gasteiger partial charge in [-0.1, -0.05) is 206 Å². The molecule has 0 radical (unpaired) electrons. The summed E-state index contributed by atoms with van der Waals surface area (Å²) in [7, 11) is 0. The van der Waals surface area contributed by atoms with Gasteiger partial charge in [0.25, 0.3) is 0 Å². The molecule has 10 aromatic rings. The monoisotopic (exact) mass is 777 g/mol. The average Bonchev–Trinajstić information content (AvgIpc) is 3.61. The Labute approximate surface area is 358 Å². The second kappa shape index (κ2) is 15.1. The van der Waals surface area contributed by atoms with Gasteiger partial charge < -0.3 is 4.90 Å². The van der Waals surface area contributed by atoms with E-state index in [-0.39, 0.29) is 5.41 Å². The second-order valence-electron chi connectivity index (χ2n) is 16.2. The molecule has 1 atom stereocenters. The van der Waals surface area contributed by atoms with E-state index in [9.17, 15) is 0 Å². The van der Waals surface area contributed by atoms with Crippen LogP contribution in [0, 0.1) is 0 Å². The van der Waals surface area contributed by atoms with Gasteiger partial charge in [0, 0.05) is 22.4 Å². The number of nitrogens with zero attached hydrogens (tertiary/aromatic N) is 1. The fraction of sp³-hybridized carbons (Fsp3) is 0.0333. The molecule has 0 saturated heterocycles. The molecule has 0 saturated carbocycles. The topological polar surface area (TPSA) is 3.24 Å². The molecule has 0 heterocycles. The maximum absolute atomic E-state index is 2.48. The first kappa shape index (κ1) is 36.3. The van der Waals surface area contributed by atoms with Crippen LogP contribution >= 0.6 is 0 Å². The molecular weight excluding hydrogens is 735 g/mol. The summed E-state index contributed by atoms with van der Waals surface area (Å²) in [5.41, 5.74) is 19.1. The van der Waals surface area contributed by atoms with E-state index >= 15 is 0 Å². The largest absolute Gasteiger partial charge is 0.310 e. The van der Waals surface area contributed by atoms with Crippen molar-refractivity contribution in [2.75, 3.05) is 4.90 Å². The predicted molar refractivity (Wildman–Crippen MR) is 258 cm³/mol. The Balaban J connectivity index is 1.07. The van der Waals surface area contributed by atoms with Crippen LogP contribution < -0.4 is 4.90 Å². The van der Waals surface area contributed by atoms with Gasteiger partial charge in [0.15, 0.2) is 0 Å². The molecule has 1 aliphatic carbocycles. The van der Waals surface area contributed by atoms with E-state index in [0.717, 1.165) is 17.1 Å². The summed E-state index contributed by atoms with van der Waals surface area (Å²) in [4.78, 5) is 2.48. The molecule has 0 aromatic heterocycles. The van der Waals surface area contributed by atoms with Gasteiger partial charge in [0.2, 0.25) is 0 Å². The van der Waals surface area contributed by atoms with Crippen molar-refractivity contribution >= 4 is 27.8 Å². The van der Waals surface area contributed by atoms with E-state index in [0.29, 0.717) is 0 Å². The van der Waals surface area contributed by atoms with Crippen LogP contribution in [0.25, 0.3) is 66.4 Å². The van der Waals surface area contributed by atoms with Crippen molar-refractivity contribution in [2.45, 2.75) is 12.3 Å². The minimum absolute atomic E-state index is 0.317. The van der Waals surface area contributed by atoms with Crippen LogP contribution in [0.4, 0.5) is 17.1 Å². The maximum Gasteiger partial charge on any atom is 0.0543 e. The molecule has 1 unspecified atom stereocenters. The van der Waals surface area contributed by atoms with Gasteiger partial charge in [-0.25, -0.2) is 0 Å². The summed E-state index contributed by atoms with van der Waals surface area (Å²) in [5, 5.41) is 2.52. The molecule has 0 bridgehead atoms. The van der Waals surface area contributed by atoms with Gasteiger partial charge in [-0.15, -0.1) is 0 Å². The van der Waals surface area contributed by atoms with Gasteiger partial charge in [-0.3, -0.25) is 0 Å². The number of benzene rings is 10. The molecule has 61 heavy (non-hydrogen) atoms. The van der Waals surface area contributed by atoms with E-state index < -0.39 is 0 Å². The van der Waals surface area contributed by atoms with Crippen LogP contribution in [0.5, 0.6) is 0 Å². The van der Waals surface area contributed by atoms with Gasteiger partial charge in [-0.2, -0.15) is 0 Å². The zero-order valence-corrected chi connectivity index (χ0v) is 34.0. The predicted octanol–water partition coefficient (Wildman–Crippen LogP) is 16.3. The molecule has 288 valence electrons. The lowest BCUT2D eigenvalue weighted by atomic mass is 9.74. The molecule has 0 aliphatic heterocycles. The third-order valence-corrected chi connectivity index (χ3v) is 12.7. The van der Waals surface area contributed by atoms with E-state index in [1.807, 2.05) is 0 Å². The van der Waals surface area contributed by atoms with Gasteiger partial charge in [-0.05, 0) is 121 Å². The summed E-state index contributed by atoms with van der Waals surface area (Å²) in [6.45, 7) is 2.39. The first-order chi connectivity index (χ1) is 30.1. The lowest BCUT2D eigenvalue weighted by Gasteiger charge is -2.31. The van der Waals surface area contributed by atoms with E-state index in [2.05, 4.69) is 254 Å². The molecule has 0 amide bonds. The molecule has 0 fully saturated rings. The Morgan fingerprint density at radius 3 is 1.56 bits per heavy atom. The smallest absolute Gasteiger partial charge is 0.0543 e. The lowest BCUT2D eigenvalue weighted by molar-refractivity contribution is 0.714. The van der Waals surface area contributed by atoms with Crippen molar-refractivity contribution < 1.29 is 0 Å². The molecular formula is C60H43N. The minimum atomic E-state index is -0.317. The maximum atomic E-state index is 2.48. The number of fused-ring (bicyclic) bond motifs is 4. The highest BCUT2D eigenvalue weighted by Gasteiger charge is 2.42. The van der Waals surface area contributed by atoms with E-state index in [1.165, 1.54) is 83.1 Å². The van der Waals surface area contributed by atoms with Crippen LogP contribution in [-0.2, 0) is 5.41 Å². The van der Waals surface area contributed by atoms with Crippen LogP contribution in [0.1, 0.15) is 23.6 Å². The molecule has 1 aliphatic rings. The molecule has 10 aromatic carbocycles. The quantitative estimate of drug-likeness (QED) is 0.149. The van der Waals surface area contributed by atoms with E-state index in [1.54, 1.807) is 0 Å². The Hall–Kier alpha value is -7.74. The standard InChI is InChI=1S/C60H43N/c1-60(50-25-6-3-7-26-50)56-32-11-10-30-55(56)59-57(60)33-16-34-58(59)61(52-28-14-24-49(41-52)47-22-12-21-46(39-47)42-17-4-2-5-18-42)51-27-13-23-48(40-51)43-35-37-45(38-36-43)54-31-15-20-44-19-8-9-29-53(44)54/h2-41H,1H3. The fourth-order valence-corrected chi connectivity index (χ4v) is 9.70. The molecule has 0 spiro atoms. The van der Waals surface area contributed by atoms with Crippen molar-refractivity contribution in [3.63, 3.8) is 0 Å². The van der Waals surface area contributed by atoms with Crippen LogP contribution in [-0.4, -0.2) is 0 Å². The zero-order valence-electron chi connectivity index (χ0n) is 34.0. The molecule has 0 N–H and O–H groups in total. The van der Waals surface area contributed by atoms with Crippen molar-refractivity contribution in [3.8, 4) is 55.6 Å². The SMILES string of the molecule is CC1(c2ccccc2)c2ccccc2-c2c(N(c3cccc(-c4ccc(-c5cccc6ccccc56)cc4)c3)c3cccc(-c4cccc(-c5ccccc5)c4)c3)cccc21. The number of anilines is 3. The van der Waals surface area contributed by atoms with Gasteiger partial charge in [0.1, 0.15) is 0 Å². The van der Waals surface area contributed by atoms with Crippen molar-refractivity contribution in [1.29, 1.82) is 0 Å². The highest BCUT2D eigenvalue weighted by molar-refractivity contribution is 5.98. The minimum Gasteiger partial charge on any atom is -0.310 e. The van der Waals surface area contributed by atoms with Crippen molar-refractivity contribution in [2.24, 2.45) is 0 Å². The highest BCUT2D eigenvalue weighted by atomic mass is 15.1. The molecule has 1 heteroatoms. The van der Waals surface area contributed by atoms with Crippen LogP contribution in [0.3, 0.4) is 0 Å². The lowest BCUT2D eigenvalue weighted by Crippen LogP contribution is -2.22. The molecule has 1 nitrogen and oxygen atoms in total. The third kappa shape index (κ3) is 6.34. The Morgan fingerprint density at radius 2 is 0.803 bits per heavy atom. The Bertz CT molecular complexity index is 3190. The fourth-order valence-electron chi connectivity index (χ4n) is 9.70. The highest BCUT2D eigenvalue weighted by Crippen LogP contribution is 2.57. The Morgan fingerprint density at radius 1 is 0.328 bits per heavy atom. The van der Waals surface area contributed by atoms with Crippen LogP contribution in [0.2, 0.25) is 0 Å². The summed E-state index contributed by atoms with van der Waals surface area (Å²) in [5.74, 6) is 0. The average molecular weight is 778 g/mol. The van der Waals surface area contributed by atoms with Gasteiger partial charge >= 0.3 is 0 Å². The zero-order chi connectivity index (χ0) is 40.8. The second-order valence-corrected chi connectivity index (χ2v) is 16.2. The third-order valence-electron chi connectivity index (χ3n) is 12.7. The molecule has 11 rings (SSSR count). The van der Waals surface area contributed by atoms with Crippen molar-refractivity contribution in [1.82, 2.24) is 0 Å². The number of hydrogen-bond acceptors (Lipinski definition) is 1. The summed E-state index contributed by atoms with van der Waals surface area (Å²) < 4.78 is 0. The normalized spacial score (nSPS) is 14.0. The van der Waals surface area contributed by atoms with Crippen molar-refractivity contribution in [3.05, 3.63) is 259 Å². The summed E-state index contributed by atoms with van der Waals surface area (Å²) in [6.07, 6.45) is 0. The number of rotatable bonds is 8.